The van der Waals surface area contributed by atoms with E-state index < -0.39 is 8.32 Å². The van der Waals surface area contributed by atoms with Crippen molar-refractivity contribution in [3.8, 4) is 6.07 Å². The van der Waals surface area contributed by atoms with E-state index in [1.165, 1.54) is 0 Å². The highest BCUT2D eigenvalue weighted by Crippen LogP contribution is 2.36. The molecule has 1 aromatic heterocycles. The minimum atomic E-state index is -1.87. The monoisotopic (exact) mass is 435 g/mol. The number of hydrogen-bond donors (Lipinski definition) is 1. The summed E-state index contributed by atoms with van der Waals surface area (Å²) in [5.74, 6) is 0. The number of halogens is 2. The van der Waals surface area contributed by atoms with Gasteiger partial charge in [0.2, 0.25) is 0 Å². The van der Waals surface area contributed by atoms with Crippen LogP contribution in [-0.4, -0.2) is 19.8 Å². The molecule has 0 spiro atoms. The van der Waals surface area contributed by atoms with Crippen LogP contribution in [-0.2, 0) is 11.0 Å². The van der Waals surface area contributed by atoms with Crippen molar-refractivity contribution in [1.82, 2.24) is 10.3 Å². The quantitative estimate of drug-likeness (QED) is 0.457. The third-order valence-electron chi connectivity index (χ3n) is 5.25. The minimum absolute atomic E-state index is 0.242. The average molecular weight is 436 g/mol. The molecule has 0 bridgehead atoms. The normalized spacial score (nSPS) is 12.6. The fourth-order valence-corrected chi connectivity index (χ4v) is 6.74. The van der Waals surface area contributed by atoms with Crippen LogP contribution in [0.5, 0.6) is 0 Å². The van der Waals surface area contributed by atoms with Gasteiger partial charge in [-0.05, 0) is 35.8 Å². The second-order valence-electron chi connectivity index (χ2n) is 6.81. The van der Waals surface area contributed by atoms with Crippen LogP contribution in [0, 0.1) is 11.3 Å². The standard InChI is InChI=1S/C21H27Cl2N3OSi/c1-4-28(5-2,6-3)27-20(21-18(22)13-26-14-19(21)23)15-25-12-17-9-7-8-16(10-17)11-24/h7-10,13-14,20,25H,4-6,12,15H2,1-3H3. The van der Waals surface area contributed by atoms with Gasteiger partial charge in [0.1, 0.15) is 0 Å². The van der Waals surface area contributed by atoms with Gasteiger partial charge in [0, 0.05) is 31.0 Å². The Bertz CT molecular complexity index is 793. The molecule has 0 saturated carbocycles. The van der Waals surface area contributed by atoms with E-state index in [1.807, 2.05) is 18.2 Å². The number of rotatable bonds is 10. The summed E-state index contributed by atoms with van der Waals surface area (Å²) in [5.41, 5.74) is 2.50. The molecule has 4 nitrogen and oxygen atoms in total. The predicted molar refractivity (Wildman–Crippen MR) is 118 cm³/mol. The van der Waals surface area contributed by atoms with Gasteiger partial charge < -0.3 is 9.74 Å². The number of nitriles is 1. The molecule has 0 amide bonds. The maximum atomic E-state index is 9.07. The first-order valence-corrected chi connectivity index (χ1v) is 12.9. The summed E-state index contributed by atoms with van der Waals surface area (Å²) in [4.78, 5) is 4.07. The van der Waals surface area contributed by atoms with Crippen molar-refractivity contribution < 1.29 is 4.43 Å². The van der Waals surface area contributed by atoms with Crippen molar-refractivity contribution >= 4 is 31.5 Å². The van der Waals surface area contributed by atoms with Crippen LogP contribution in [0.2, 0.25) is 28.2 Å². The number of nitrogens with zero attached hydrogens (tertiary/aromatic N) is 2. The van der Waals surface area contributed by atoms with Crippen molar-refractivity contribution in [3.63, 3.8) is 0 Å². The zero-order valence-electron chi connectivity index (χ0n) is 16.6. The predicted octanol–water partition coefficient (Wildman–Crippen LogP) is 6.11. The van der Waals surface area contributed by atoms with Gasteiger partial charge in [0.05, 0.1) is 27.8 Å². The first-order chi connectivity index (χ1) is 13.5. The topological polar surface area (TPSA) is 57.9 Å². The van der Waals surface area contributed by atoms with Gasteiger partial charge in [-0.15, -0.1) is 0 Å². The smallest absolute Gasteiger partial charge is 0.192 e. The highest BCUT2D eigenvalue weighted by molar-refractivity contribution is 6.73. The Morgan fingerprint density at radius 3 is 2.36 bits per heavy atom. The fraction of sp³-hybridized carbons (Fsp3) is 0.429. The highest BCUT2D eigenvalue weighted by Gasteiger charge is 2.34. The molecule has 150 valence electrons. The highest BCUT2D eigenvalue weighted by atomic mass is 35.5. The number of benzene rings is 1. The molecule has 0 saturated heterocycles. The molecule has 28 heavy (non-hydrogen) atoms. The summed E-state index contributed by atoms with van der Waals surface area (Å²) >= 11 is 12.9. The first-order valence-electron chi connectivity index (χ1n) is 9.65. The van der Waals surface area contributed by atoms with Crippen molar-refractivity contribution in [1.29, 1.82) is 5.26 Å². The Morgan fingerprint density at radius 1 is 1.14 bits per heavy atom. The fourth-order valence-electron chi connectivity index (χ4n) is 3.33. The molecule has 1 aromatic carbocycles. The van der Waals surface area contributed by atoms with Gasteiger partial charge in [0.25, 0.3) is 0 Å². The molecule has 7 heteroatoms. The third kappa shape index (κ3) is 5.79. The SMILES string of the molecule is CC[Si](CC)(CC)OC(CNCc1cccc(C#N)c1)c1c(Cl)cncc1Cl. The lowest BCUT2D eigenvalue weighted by Gasteiger charge is -2.34. The molecular weight excluding hydrogens is 409 g/mol. The van der Waals surface area contributed by atoms with Crippen molar-refractivity contribution in [3.05, 3.63) is 63.4 Å². The Morgan fingerprint density at radius 2 is 1.79 bits per heavy atom. The van der Waals surface area contributed by atoms with E-state index in [1.54, 1.807) is 18.5 Å². The third-order valence-corrected chi connectivity index (χ3v) is 10.5. The van der Waals surface area contributed by atoms with E-state index in [0.717, 1.165) is 29.3 Å². The Labute approximate surface area is 179 Å². The van der Waals surface area contributed by atoms with Gasteiger partial charge in [-0.25, -0.2) is 0 Å². The number of aromatic nitrogens is 1. The van der Waals surface area contributed by atoms with E-state index >= 15 is 0 Å². The van der Waals surface area contributed by atoms with Gasteiger partial charge in [-0.3, -0.25) is 4.98 Å². The molecule has 0 fully saturated rings. The summed E-state index contributed by atoms with van der Waals surface area (Å²) in [5, 5.41) is 13.6. The van der Waals surface area contributed by atoms with Gasteiger partial charge in [-0.2, -0.15) is 5.26 Å². The van der Waals surface area contributed by atoms with Crippen LogP contribution < -0.4 is 5.32 Å². The number of nitrogens with one attached hydrogen (secondary N) is 1. The van der Waals surface area contributed by atoms with E-state index in [0.29, 0.717) is 28.7 Å². The average Bonchev–Trinajstić information content (AvgIpc) is 2.71. The molecule has 1 unspecified atom stereocenters. The summed E-state index contributed by atoms with van der Waals surface area (Å²) in [7, 11) is -1.87. The molecular formula is C21H27Cl2N3OSi. The first kappa shape index (κ1) is 22.9. The van der Waals surface area contributed by atoms with E-state index in [-0.39, 0.29) is 6.10 Å². The van der Waals surface area contributed by atoms with E-state index in [9.17, 15) is 0 Å². The Hall–Kier alpha value is -1.42. The Balaban J connectivity index is 2.22. The van der Waals surface area contributed by atoms with E-state index in [4.69, 9.17) is 32.9 Å². The molecule has 1 heterocycles. The van der Waals surface area contributed by atoms with Crippen molar-refractivity contribution in [2.45, 2.75) is 51.6 Å². The maximum Gasteiger partial charge on any atom is 0.192 e. The van der Waals surface area contributed by atoms with Crippen LogP contribution in [0.3, 0.4) is 0 Å². The molecule has 0 radical (unpaired) electrons. The number of pyridine rings is 1. The van der Waals surface area contributed by atoms with Crippen LogP contribution in [0.15, 0.2) is 36.7 Å². The molecule has 2 rings (SSSR count). The minimum Gasteiger partial charge on any atom is -0.409 e. The van der Waals surface area contributed by atoms with Crippen molar-refractivity contribution in [2.24, 2.45) is 0 Å². The van der Waals surface area contributed by atoms with Gasteiger partial charge in [0.15, 0.2) is 8.32 Å². The van der Waals surface area contributed by atoms with Crippen LogP contribution in [0.4, 0.5) is 0 Å². The lowest BCUT2D eigenvalue weighted by Crippen LogP contribution is -2.40. The molecule has 1 N–H and O–H groups in total. The molecule has 0 aliphatic rings. The van der Waals surface area contributed by atoms with Crippen LogP contribution in [0.25, 0.3) is 0 Å². The summed E-state index contributed by atoms with van der Waals surface area (Å²) in [6.45, 7) is 7.82. The zero-order valence-corrected chi connectivity index (χ0v) is 19.1. The summed E-state index contributed by atoms with van der Waals surface area (Å²) in [6.07, 6.45) is 2.99. The molecule has 0 aliphatic heterocycles. The molecule has 1 atom stereocenters. The summed E-state index contributed by atoms with van der Waals surface area (Å²) < 4.78 is 6.74. The summed E-state index contributed by atoms with van der Waals surface area (Å²) in [6, 6.07) is 12.9. The second kappa shape index (κ2) is 10.9. The van der Waals surface area contributed by atoms with Gasteiger partial charge >= 0.3 is 0 Å². The molecule has 0 aliphatic carbocycles. The van der Waals surface area contributed by atoms with Crippen LogP contribution >= 0.6 is 23.2 Å². The largest absolute Gasteiger partial charge is 0.409 e. The van der Waals surface area contributed by atoms with Crippen molar-refractivity contribution in [2.75, 3.05) is 6.54 Å². The lowest BCUT2D eigenvalue weighted by molar-refractivity contribution is 0.186. The lowest BCUT2D eigenvalue weighted by atomic mass is 10.1. The molecule has 2 aromatic rings. The Kier molecular flexibility index (Phi) is 8.93. The second-order valence-corrected chi connectivity index (χ2v) is 12.3. The van der Waals surface area contributed by atoms with E-state index in [2.05, 4.69) is 37.1 Å². The van der Waals surface area contributed by atoms with Gasteiger partial charge in [-0.1, -0.05) is 56.1 Å². The number of hydrogen-bond acceptors (Lipinski definition) is 4. The maximum absolute atomic E-state index is 9.07. The van der Waals surface area contributed by atoms with Crippen LogP contribution in [0.1, 0.15) is 43.6 Å². The zero-order chi connectivity index (χ0) is 20.6.